The van der Waals surface area contributed by atoms with Crippen LogP contribution in [0.4, 0.5) is 10.3 Å². The zero-order valence-electron chi connectivity index (χ0n) is 17.9. The van der Waals surface area contributed by atoms with Gasteiger partial charge in [0.15, 0.2) is 0 Å². The summed E-state index contributed by atoms with van der Waals surface area (Å²) in [5, 5.41) is 7.12. The number of carbonyl (C=O) groups is 1. The Bertz CT molecular complexity index is 1290. The van der Waals surface area contributed by atoms with Gasteiger partial charge in [-0.1, -0.05) is 0 Å². The fraction of sp³-hybridized carbons (Fsp3) is 0.364. The number of aromatic amines is 1. The number of hydrogen-bond donors (Lipinski definition) is 3. The Morgan fingerprint density at radius 1 is 1.22 bits per heavy atom. The number of H-pyrrole nitrogens is 1. The number of nitrogens with zero attached hydrogens (tertiary/aromatic N) is 4. The minimum Gasteiger partial charge on any atom is -0.480 e. The van der Waals surface area contributed by atoms with Crippen LogP contribution in [0.3, 0.4) is 0 Å². The molecule has 3 N–H and O–H groups in total. The number of hydrogen-bond acceptors (Lipinski definition) is 6. The predicted molar refractivity (Wildman–Crippen MR) is 118 cm³/mol. The molecule has 10 heteroatoms. The Morgan fingerprint density at radius 3 is 2.75 bits per heavy atom. The van der Waals surface area contributed by atoms with Gasteiger partial charge in [-0.2, -0.15) is 14.4 Å². The molecule has 1 aliphatic carbocycles. The molecule has 1 amide bonds. The van der Waals surface area contributed by atoms with Crippen molar-refractivity contribution in [1.29, 1.82) is 0 Å². The first-order chi connectivity index (χ1) is 15.5. The second-order valence-corrected chi connectivity index (χ2v) is 8.10. The third-order valence-electron chi connectivity index (χ3n) is 5.93. The number of fused-ring (bicyclic) bond motifs is 2. The van der Waals surface area contributed by atoms with Gasteiger partial charge in [-0.25, -0.2) is 4.98 Å². The Balaban J connectivity index is 1.41. The van der Waals surface area contributed by atoms with Crippen molar-refractivity contribution in [3.63, 3.8) is 0 Å². The predicted octanol–water partition coefficient (Wildman–Crippen LogP) is 3.28. The van der Waals surface area contributed by atoms with E-state index < -0.39 is 5.95 Å². The molecule has 0 aliphatic heterocycles. The molecular weight excluding hydrogens is 413 g/mol. The molecule has 1 saturated carbocycles. The molecule has 0 atom stereocenters. The molecule has 1 fully saturated rings. The summed E-state index contributed by atoms with van der Waals surface area (Å²) in [4.78, 5) is 27.7. The molecular formula is C22H24FN7O2. The summed E-state index contributed by atoms with van der Waals surface area (Å²) in [6.07, 6.45) is 8.37. The number of nitrogens with one attached hydrogen (secondary N) is 3. The van der Waals surface area contributed by atoms with E-state index in [-0.39, 0.29) is 18.0 Å². The molecule has 4 aromatic rings. The molecule has 1 aliphatic rings. The van der Waals surface area contributed by atoms with E-state index in [0.717, 1.165) is 42.2 Å². The summed E-state index contributed by atoms with van der Waals surface area (Å²) in [6.45, 7) is 1.55. The number of pyridine rings is 1. The smallest absolute Gasteiger partial charge is 0.228 e. The van der Waals surface area contributed by atoms with E-state index >= 15 is 0 Å². The van der Waals surface area contributed by atoms with Gasteiger partial charge in [-0.05, 0) is 37.8 Å². The second kappa shape index (κ2) is 8.10. The number of rotatable bonds is 5. The highest BCUT2D eigenvalue weighted by Crippen LogP contribution is 2.35. The van der Waals surface area contributed by atoms with Gasteiger partial charge < -0.3 is 20.4 Å². The zero-order chi connectivity index (χ0) is 22.2. The van der Waals surface area contributed by atoms with Crippen molar-refractivity contribution in [2.24, 2.45) is 0 Å². The van der Waals surface area contributed by atoms with Crippen molar-refractivity contribution in [3.8, 4) is 17.0 Å². The lowest BCUT2D eigenvalue weighted by Gasteiger charge is -2.29. The monoisotopic (exact) mass is 437 g/mol. The van der Waals surface area contributed by atoms with Gasteiger partial charge in [0.25, 0.3) is 0 Å². The lowest BCUT2D eigenvalue weighted by molar-refractivity contribution is -0.119. The zero-order valence-corrected chi connectivity index (χ0v) is 17.9. The Kier molecular flexibility index (Phi) is 5.12. The highest BCUT2D eigenvalue weighted by molar-refractivity contribution is 5.97. The first-order valence-electron chi connectivity index (χ1n) is 10.6. The summed E-state index contributed by atoms with van der Waals surface area (Å²) < 4.78 is 21.0. The lowest BCUT2D eigenvalue weighted by atomic mass is 9.91. The lowest BCUT2D eigenvalue weighted by Crippen LogP contribution is -2.39. The average molecular weight is 437 g/mol. The fourth-order valence-corrected chi connectivity index (χ4v) is 4.40. The van der Waals surface area contributed by atoms with Crippen molar-refractivity contribution in [3.05, 3.63) is 36.7 Å². The summed E-state index contributed by atoms with van der Waals surface area (Å²) in [6, 6.07) is 4.09. The number of methoxy groups -OCH3 is 1. The van der Waals surface area contributed by atoms with E-state index in [1.807, 2.05) is 12.3 Å². The van der Waals surface area contributed by atoms with Crippen LogP contribution in [0.1, 0.15) is 32.6 Å². The molecule has 0 bridgehead atoms. The summed E-state index contributed by atoms with van der Waals surface area (Å²) in [5.41, 5.74) is 2.77. The highest BCUT2D eigenvalue weighted by Gasteiger charge is 2.23. The van der Waals surface area contributed by atoms with Crippen LogP contribution in [-0.2, 0) is 4.79 Å². The first kappa shape index (κ1) is 20.2. The molecule has 0 radical (unpaired) electrons. The van der Waals surface area contributed by atoms with Crippen molar-refractivity contribution in [1.82, 2.24) is 29.7 Å². The van der Waals surface area contributed by atoms with Crippen LogP contribution in [0, 0.1) is 5.95 Å². The van der Waals surface area contributed by atoms with Crippen LogP contribution in [0.5, 0.6) is 5.88 Å². The quantitative estimate of drug-likeness (QED) is 0.442. The van der Waals surface area contributed by atoms with Gasteiger partial charge in [0, 0.05) is 42.5 Å². The summed E-state index contributed by atoms with van der Waals surface area (Å²) in [7, 11) is 1.57. The van der Waals surface area contributed by atoms with Crippen molar-refractivity contribution >= 4 is 28.5 Å². The third kappa shape index (κ3) is 3.72. The van der Waals surface area contributed by atoms with Crippen LogP contribution in [0.15, 0.2) is 30.7 Å². The van der Waals surface area contributed by atoms with Gasteiger partial charge >= 0.3 is 0 Å². The average Bonchev–Trinajstić information content (AvgIpc) is 3.37. The van der Waals surface area contributed by atoms with Gasteiger partial charge in [0.1, 0.15) is 11.3 Å². The van der Waals surface area contributed by atoms with E-state index in [2.05, 4.69) is 30.6 Å². The van der Waals surface area contributed by atoms with Gasteiger partial charge in [-0.3, -0.25) is 9.20 Å². The number of imidazole rings is 1. The SMILES string of the molecule is COc1nc(NC2CCC(NC(C)=O)CC2)nc2[nH]cc(-c3ccc4ncc(F)n4c3)c12. The van der Waals surface area contributed by atoms with E-state index in [4.69, 9.17) is 4.74 Å². The number of halogens is 1. The highest BCUT2D eigenvalue weighted by atomic mass is 19.1. The topological polar surface area (TPSA) is 109 Å². The van der Waals surface area contributed by atoms with Crippen molar-refractivity contribution < 1.29 is 13.9 Å². The standard InChI is InChI=1S/C22H24FN7O2/c1-12(31)26-14-4-6-15(7-5-14)27-22-28-20-19(21(29-22)32-2)16(9-25-20)13-3-8-18-24-10-17(23)30(18)11-13/h3,8-11,14-15H,4-7H2,1-2H3,(H,26,31)(H2,25,27,28,29). The molecule has 4 aromatic heterocycles. The molecule has 32 heavy (non-hydrogen) atoms. The van der Waals surface area contributed by atoms with Crippen molar-refractivity contribution in [2.45, 2.75) is 44.7 Å². The Morgan fingerprint density at radius 2 is 2.00 bits per heavy atom. The van der Waals surface area contributed by atoms with Crippen LogP contribution < -0.4 is 15.4 Å². The number of carbonyl (C=O) groups excluding carboxylic acids is 1. The van der Waals surface area contributed by atoms with E-state index in [1.165, 1.54) is 10.6 Å². The molecule has 0 unspecified atom stereocenters. The van der Waals surface area contributed by atoms with Crippen LogP contribution in [0.2, 0.25) is 0 Å². The maximum Gasteiger partial charge on any atom is 0.228 e. The minimum atomic E-state index is -0.426. The van der Waals surface area contributed by atoms with Gasteiger partial charge in [0.05, 0.1) is 18.7 Å². The minimum absolute atomic E-state index is 0.0115. The number of amides is 1. The largest absolute Gasteiger partial charge is 0.480 e. The molecule has 4 heterocycles. The Hall–Kier alpha value is -3.69. The normalized spacial score (nSPS) is 18.7. The molecule has 9 nitrogen and oxygen atoms in total. The third-order valence-corrected chi connectivity index (χ3v) is 5.93. The summed E-state index contributed by atoms with van der Waals surface area (Å²) >= 11 is 0. The maximum absolute atomic E-state index is 14.0. The fourth-order valence-electron chi connectivity index (χ4n) is 4.40. The maximum atomic E-state index is 14.0. The van der Waals surface area contributed by atoms with Gasteiger partial charge in [-0.15, -0.1) is 0 Å². The molecule has 0 aromatic carbocycles. The Labute approximate surface area is 183 Å². The van der Waals surface area contributed by atoms with Crippen LogP contribution in [0.25, 0.3) is 27.8 Å². The summed E-state index contributed by atoms with van der Waals surface area (Å²) in [5.74, 6) is 0.510. The van der Waals surface area contributed by atoms with E-state index in [1.54, 1.807) is 26.3 Å². The molecule has 0 spiro atoms. The van der Waals surface area contributed by atoms with Gasteiger partial charge in [0.2, 0.25) is 23.7 Å². The van der Waals surface area contributed by atoms with E-state index in [9.17, 15) is 9.18 Å². The number of aromatic nitrogens is 5. The van der Waals surface area contributed by atoms with E-state index in [0.29, 0.717) is 23.1 Å². The molecule has 0 saturated heterocycles. The molecule has 5 rings (SSSR count). The van der Waals surface area contributed by atoms with Crippen molar-refractivity contribution in [2.75, 3.05) is 12.4 Å². The number of anilines is 1. The van der Waals surface area contributed by atoms with Crippen LogP contribution in [-0.4, -0.2) is 49.4 Å². The first-order valence-corrected chi connectivity index (χ1v) is 10.6. The van der Waals surface area contributed by atoms with Crippen LogP contribution >= 0.6 is 0 Å². The second-order valence-electron chi connectivity index (χ2n) is 8.10. The number of ether oxygens (including phenoxy) is 1. The molecule has 166 valence electrons.